The van der Waals surface area contributed by atoms with Gasteiger partial charge in [0.05, 0.1) is 7.11 Å². The standard InChI is InChI=1S/C22H34O2/c1-8-19(2,3)15-9-10-18(24-7)17(13-15)22(23)20(4,5)16-11-12-21(22,6)14-16/h9-10,13,16,23H,8,11-12,14H2,1-7H3/t16?,21?,22-/m0/s1. The van der Waals surface area contributed by atoms with Crippen molar-refractivity contribution >= 4 is 0 Å². The lowest BCUT2D eigenvalue weighted by Gasteiger charge is -2.51. The zero-order valence-electron chi connectivity index (χ0n) is 16.5. The molecule has 0 amide bonds. The van der Waals surface area contributed by atoms with E-state index in [-0.39, 0.29) is 16.2 Å². The first-order valence-electron chi connectivity index (χ1n) is 9.45. The molecule has 1 N–H and O–H groups in total. The summed E-state index contributed by atoms with van der Waals surface area (Å²) in [6.07, 6.45) is 4.51. The summed E-state index contributed by atoms with van der Waals surface area (Å²) >= 11 is 0. The van der Waals surface area contributed by atoms with Crippen LogP contribution in [0.4, 0.5) is 0 Å². The van der Waals surface area contributed by atoms with Gasteiger partial charge in [-0.3, -0.25) is 0 Å². The van der Waals surface area contributed by atoms with Crippen LogP contribution in [-0.2, 0) is 11.0 Å². The number of hydrogen-bond acceptors (Lipinski definition) is 2. The summed E-state index contributed by atoms with van der Waals surface area (Å²) in [7, 11) is 1.72. The van der Waals surface area contributed by atoms with E-state index < -0.39 is 5.60 Å². The zero-order chi connectivity index (χ0) is 18.0. The van der Waals surface area contributed by atoms with E-state index in [4.69, 9.17) is 4.74 Å². The van der Waals surface area contributed by atoms with Crippen molar-refractivity contribution in [3.05, 3.63) is 29.3 Å². The van der Waals surface area contributed by atoms with Crippen LogP contribution >= 0.6 is 0 Å². The van der Waals surface area contributed by atoms with Crippen molar-refractivity contribution in [2.24, 2.45) is 16.7 Å². The van der Waals surface area contributed by atoms with Crippen LogP contribution in [0.15, 0.2) is 18.2 Å². The van der Waals surface area contributed by atoms with E-state index in [0.717, 1.165) is 30.6 Å². The molecule has 2 aliphatic carbocycles. The van der Waals surface area contributed by atoms with Gasteiger partial charge in [0.15, 0.2) is 0 Å². The monoisotopic (exact) mass is 330 g/mol. The Balaban J connectivity index is 2.23. The van der Waals surface area contributed by atoms with E-state index >= 15 is 0 Å². The molecular weight excluding hydrogens is 296 g/mol. The fourth-order valence-corrected chi connectivity index (χ4v) is 5.55. The quantitative estimate of drug-likeness (QED) is 0.799. The fourth-order valence-electron chi connectivity index (χ4n) is 5.55. The molecule has 0 aliphatic heterocycles. The van der Waals surface area contributed by atoms with Crippen LogP contribution in [0.1, 0.15) is 78.4 Å². The first kappa shape index (κ1) is 17.8. The lowest BCUT2D eigenvalue weighted by Crippen LogP contribution is -2.51. The van der Waals surface area contributed by atoms with Crippen LogP contribution in [0.3, 0.4) is 0 Å². The number of aliphatic hydroxyl groups is 1. The first-order chi connectivity index (χ1) is 11.0. The maximum absolute atomic E-state index is 12.1. The number of rotatable bonds is 4. The molecule has 0 saturated heterocycles. The fraction of sp³-hybridized carbons (Fsp3) is 0.727. The van der Waals surface area contributed by atoms with Crippen molar-refractivity contribution in [2.75, 3.05) is 7.11 Å². The topological polar surface area (TPSA) is 29.5 Å². The Morgan fingerprint density at radius 3 is 2.42 bits per heavy atom. The number of methoxy groups -OCH3 is 1. The molecular formula is C22H34O2. The van der Waals surface area contributed by atoms with Crippen molar-refractivity contribution in [1.82, 2.24) is 0 Å². The molecule has 2 unspecified atom stereocenters. The largest absolute Gasteiger partial charge is 0.496 e. The SMILES string of the molecule is CCC(C)(C)c1ccc(OC)c([C@@]2(O)C3(C)CCC(C3)C2(C)C)c1. The molecule has 0 heterocycles. The molecule has 2 saturated carbocycles. The molecule has 2 heteroatoms. The van der Waals surface area contributed by atoms with Crippen LogP contribution in [0.5, 0.6) is 5.75 Å². The van der Waals surface area contributed by atoms with Crippen LogP contribution in [0.25, 0.3) is 0 Å². The Hall–Kier alpha value is -1.02. The molecule has 2 aliphatic rings. The van der Waals surface area contributed by atoms with Gasteiger partial charge in [0.2, 0.25) is 0 Å². The Labute approximate surface area is 147 Å². The Bertz CT molecular complexity index is 639. The molecule has 1 aromatic rings. The van der Waals surface area contributed by atoms with Crippen molar-refractivity contribution < 1.29 is 9.84 Å². The molecule has 2 bridgehead atoms. The van der Waals surface area contributed by atoms with E-state index in [1.54, 1.807) is 7.11 Å². The third kappa shape index (κ3) is 2.05. The van der Waals surface area contributed by atoms with Crippen molar-refractivity contribution in [1.29, 1.82) is 0 Å². The molecule has 0 radical (unpaired) electrons. The smallest absolute Gasteiger partial charge is 0.125 e. The van der Waals surface area contributed by atoms with Crippen molar-refractivity contribution in [3.63, 3.8) is 0 Å². The third-order valence-electron chi connectivity index (χ3n) is 7.82. The van der Waals surface area contributed by atoms with E-state index in [0.29, 0.717) is 5.92 Å². The summed E-state index contributed by atoms with van der Waals surface area (Å²) in [5.41, 5.74) is 1.34. The lowest BCUT2D eigenvalue weighted by atomic mass is 9.57. The summed E-state index contributed by atoms with van der Waals surface area (Å²) in [5, 5.41) is 12.1. The third-order valence-corrected chi connectivity index (χ3v) is 7.82. The van der Waals surface area contributed by atoms with Gasteiger partial charge in [-0.25, -0.2) is 0 Å². The highest BCUT2D eigenvalue weighted by Gasteiger charge is 2.69. The number of hydrogen-bond donors (Lipinski definition) is 1. The van der Waals surface area contributed by atoms with Gasteiger partial charge < -0.3 is 9.84 Å². The van der Waals surface area contributed by atoms with Crippen LogP contribution < -0.4 is 4.74 Å². The summed E-state index contributed by atoms with van der Waals surface area (Å²) in [6.45, 7) is 13.5. The van der Waals surface area contributed by atoms with E-state index in [2.05, 4.69) is 59.7 Å². The molecule has 2 nitrogen and oxygen atoms in total. The van der Waals surface area contributed by atoms with Crippen molar-refractivity contribution in [3.8, 4) is 5.75 Å². The normalized spacial score (nSPS) is 34.6. The molecule has 24 heavy (non-hydrogen) atoms. The van der Waals surface area contributed by atoms with Gasteiger partial charge in [-0.15, -0.1) is 0 Å². The highest BCUT2D eigenvalue weighted by molar-refractivity contribution is 5.47. The highest BCUT2D eigenvalue weighted by Crippen LogP contribution is 2.72. The van der Waals surface area contributed by atoms with Crippen molar-refractivity contribution in [2.45, 2.75) is 78.2 Å². The van der Waals surface area contributed by atoms with Gasteiger partial charge in [0, 0.05) is 16.4 Å². The summed E-state index contributed by atoms with van der Waals surface area (Å²) in [6, 6.07) is 6.46. The zero-order valence-corrected chi connectivity index (χ0v) is 16.5. The molecule has 3 rings (SSSR count). The maximum Gasteiger partial charge on any atom is 0.125 e. The summed E-state index contributed by atoms with van der Waals surface area (Å²) in [5.74, 6) is 1.41. The molecule has 3 atom stereocenters. The highest BCUT2D eigenvalue weighted by atomic mass is 16.5. The molecule has 0 spiro atoms. The minimum absolute atomic E-state index is 0.0660. The van der Waals surface area contributed by atoms with Crippen LogP contribution in [-0.4, -0.2) is 12.2 Å². The number of ether oxygens (including phenoxy) is 1. The number of fused-ring (bicyclic) bond motifs is 2. The van der Waals surface area contributed by atoms with Gasteiger partial charge >= 0.3 is 0 Å². The minimum atomic E-state index is -0.839. The average molecular weight is 331 g/mol. The van der Waals surface area contributed by atoms with Gasteiger partial charge in [-0.2, -0.15) is 0 Å². The maximum atomic E-state index is 12.1. The summed E-state index contributed by atoms with van der Waals surface area (Å²) in [4.78, 5) is 0. The second-order valence-corrected chi connectivity index (χ2v) is 9.58. The molecule has 0 aromatic heterocycles. The van der Waals surface area contributed by atoms with E-state index in [9.17, 15) is 5.11 Å². The summed E-state index contributed by atoms with van der Waals surface area (Å²) < 4.78 is 5.71. The molecule has 134 valence electrons. The van der Waals surface area contributed by atoms with E-state index in [1.807, 2.05) is 0 Å². The Morgan fingerprint density at radius 1 is 1.25 bits per heavy atom. The first-order valence-corrected chi connectivity index (χ1v) is 9.45. The molecule has 1 aromatic carbocycles. The second-order valence-electron chi connectivity index (χ2n) is 9.58. The van der Waals surface area contributed by atoms with Crippen LogP contribution in [0.2, 0.25) is 0 Å². The van der Waals surface area contributed by atoms with Gasteiger partial charge in [0.1, 0.15) is 11.4 Å². The second kappa shape index (κ2) is 5.24. The van der Waals surface area contributed by atoms with Crippen LogP contribution in [0, 0.1) is 16.7 Å². The lowest BCUT2D eigenvalue weighted by molar-refractivity contribution is -0.151. The predicted octanol–water partition coefficient (Wildman–Crippen LogP) is 5.42. The minimum Gasteiger partial charge on any atom is -0.496 e. The van der Waals surface area contributed by atoms with Gasteiger partial charge in [-0.05, 0) is 54.7 Å². The van der Waals surface area contributed by atoms with Gasteiger partial charge in [0.25, 0.3) is 0 Å². The predicted molar refractivity (Wildman–Crippen MR) is 99.4 cm³/mol. The van der Waals surface area contributed by atoms with E-state index in [1.165, 1.54) is 12.0 Å². The number of benzene rings is 1. The Kier molecular flexibility index (Phi) is 3.88. The van der Waals surface area contributed by atoms with Gasteiger partial charge in [-0.1, -0.05) is 47.6 Å². The Morgan fingerprint density at radius 2 is 1.92 bits per heavy atom. The molecule has 2 fully saturated rings. The average Bonchev–Trinajstić information content (AvgIpc) is 3.02.